The Labute approximate surface area is 141 Å². The molecule has 0 unspecified atom stereocenters. The normalized spacial score (nSPS) is 20.6. The van der Waals surface area contributed by atoms with Gasteiger partial charge in [-0.1, -0.05) is 15.9 Å². The molecule has 1 aliphatic heterocycles. The summed E-state index contributed by atoms with van der Waals surface area (Å²) >= 11 is 3.33. The molecule has 1 aromatic carbocycles. The minimum absolute atomic E-state index is 0.260. The first kappa shape index (κ1) is 10.6. The fourth-order valence-electron chi connectivity index (χ4n) is 2.53. The van der Waals surface area contributed by atoms with Gasteiger partial charge in [-0.3, -0.25) is 0 Å². The highest BCUT2D eigenvalue weighted by atomic mass is 79.9. The maximum atomic E-state index is 12.1. The van der Waals surface area contributed by atoms with Gasteiger partial charge in [0.1, 0.15) is 0 Å². The van der Waals surface area contributed by atoms with Crippen molar-refractivity contribution >= 4 is 27.6 Å². The minimum Gasteiger partial charge on any atom is -0.465 e. The van der Waals surface area contributed by atoms with Crippen molar-refractivity contribution in [1.29, 1.82) is 0 Å². The van der Waals surface area contributed by atoms with Gasteiger partial charge in [0.15, 0.2) is 0 Å². The third-order valence-electron chi connectivity index (χ3n) is 3.69. The second kappa shape index (κ2) is 7.27. The molecule has 0 aromatic heterocycles. The first-order valence-electron chi connectivity index (χ1n) is 9.26. The number of carbonyl (C=O) groups is 1. The minimum atomic E-state index is -2.87. The Morgan fingerprint density at radius 1 is 1.57 bits per heavy atom. The van der Waals surface area contributed by atoms with E-state index in [1.54, 1.807) is 19.1 Å². The van der Waals surface area contributed by atoms with Crippen LogP contribution in [0.25, 0.3) is 0 Å². The number of methoxy groups -OCH3 is 1. The van der Waals surface area contributed by atoms with Gasteiger partial charge < -0.3 is 14.4 Å². The lowest BCUT2D eigenvalue weighted by atomic mass is 10.0. The molecule has 5 heteroatoms. The van der Waals surface area contributed by atoms with Gasteiger partial charge >= 0.3 is 5.97 Å². The van der Waals surface area contributed by atoms with Crippen LogP contribution >= 0.6 is 15.9 Å². The summed E-state index contributed by atoms with van der Waals surface area (Å²) in [6.07, 6.45) is 0.990. The van der Waals surface area contributed by atoms with Gasteiger partial charge in [-0.05, 0) is 44.3 Å². The van der Waals surface area contributed by atoms with Crippen molar-refractivity contribution in [1.82, 2.24) is 0 Å². The smallest absolute Gasteiger partial charge is 0.338 e. The van der Waals surface area contributed by atoms with Gasteiger partial charge in [0.2, 0.25) is 0 Å². The van der Waals surface area contributed by atoms with Gasteiger partial charge in [0.05, 0.1) is 12.7 Å². The molecule has 4 nitrogen and oxygen atoms in total. The first-order valence-corrected chi connectivity index (χ1v) is 7.55. The average molecular weight is 361 g/mol. The largest absolute Gasteiger partial charge is 0.465 e. The Hall–Kier alpha value is -1.07. The third-order valence-corrected chi connectivity index (χ3v) is 4.14. The van der Waals surface area contributed by atoms with E-state index in [0.717, 1.165) is 0 Å². The number of nitrogens with zero attached hydrogens (tertiary/aromatic N) is 1. The number of carbonyl (C=O) groups excluding carboxylic acids is 1. The van der Waals surface area contributed by atoms with Gasteiger partial charge in [0, 0.05) is 42.8 Å². The highest BCUT2D eigenvalue weighted by Crippen LogP contribution is 2.31. The molecule has 1 heterocycles. The zero-order chi connectivity index (χ0) is 19.7. The van der Waals surface area contributed by atoms with Crippen molar-refractivity contribution in [2.75, 3.05) is 31.7 Å². The van der Waals surface area contributed by atoms with Crippen LogP contribution in [0.1, 0.15) is 42.5 Å². The van der Waals surface area contributed by atoms with E-state index in [1.807, 2.05) is 0 Å². The summed E-state index contributed by atoms with van der Waals surface area (Å²) in [5, 5.41) is 0. The van der Waals surface area contributed by atoms with E-state index >= 15 is 0 Å². The number of benzene rings is 1. The summed E-state index contributed by atoms with van der Waals surface area (Å²) < 4.78 is 50.5. The van der Waals surface area contributed by atoms with Crippen LogP contribution in [0.15, 0.2) is 16.6 Å². The standard InChI is InChI=1S/C16H22BrNO3/c1-4-18(13-5-7-21-8-6-13)15-10-12(17)9-14(11(15)2)16(19)20-3/h9-10,13H,4-8H2,1-3H3/i1D3,4D2. The Morgan fingerprint density at radius 2 is 2.29 bits per heavy atom. The summed E-state index contributed by atoms with van der Waals surface area (Å²) in [5.41, 5.74) is 1.09. The van der Waals surface area contributed by atoms with Crippen LogP contribution in [0.5, 0.6) is 0 Å². The summed E-state index contributed by atoms with van der Waals surface area (Å²) in [6.45, 7) is -2.97. The molecule has 0 spiro atoms. The predicted molar refractivity (Wildman–Crippen MR) is 87.1 cm³/mol. The third kappa shape index (κ3) is 3.58. The molecule has 21 heavy (non-hydrogen) atoms. The number of hydrogen-bond acceptors (Lipinski definition) is 4. The van der Waals surface area contributed by atoms with Crippen molar-refractivity contribution in [3.63, 3.8) is 0 Å². The first-order chi connectivity index (χ1) is 12.0. The molecule has 0 N–H and O–H groups in total. The fourth-order valence-corrected chi connectivity index (χ4v) is 2.97. The van der Waals surface area contributed by atoms with Crippen LogP contribution in [0.3, 0.4) is 0 Å². The van der Waals surface area contributed by atoms with Crippen molar-refractivity contribution in [2.45, 2.75) is 32.7 Å². The van der Waals surface area contributed by atoms with E-state index < -0.39 is 19.3 Å². The summed E-state index contributed by atoms with van der Waals surface area (Å²) in [6, 6.07) is 2.86. The van der Waals surface area contributed by atoms with Crippen LogP contribution in [0.2, 0.25) is 0 Å². The van der Waals surface area contributed by atoms with Gasteiger partial charge in [0.25, 0.3) is 0 Å². The summed E-state index contributed by atoms with van der Waals surface area (Å²) in [4.78, 5) is 13.4. The van der Waals surface area contributed by atoms with Crippen molar-refractivity contribution in [2.24, 2.45) is 0 Å². The lowest BCUT2D eigenvalue weighted by Crippen LogP contribution is -2.40. The van der Waals surface area contributed by atoms with Gasteiger partial charge in [-0.2, -0.15) is 0 Å². The van der Waals surface area contributed by atoms with E-state index in [2.05, 4.69) is 15.9 Å². The monoisotopic (exact) mass is 360 g/mol. The van der Waals surface area contributed by atoms with E-state index in [0.29, 0.717) is 41.8 Å². The Balaban J connectivity index is 2.66. The summed E-state index contributed by atoms with van der Waals surface area (Å²) in [5.74, 6) is -0.563. The molecule has 0 amide bonds. The van der Waals surface area contributed by atoms with Crippen LogP contribution < -0.4 is 4.90 Å². The van der Waals surface area contributed by atoms with Gasteiger partial charge in [-0.25, -0.2) is 4.79 Å². The molecule has 0 aliphatic carbocycles. The Morgan fingerprint density at radius 3 is 2.90 bits per heavy atom. The number of hydrogen-bond donors (Lipinski definition) is 0. The number of anilines is 1. The Bertz CT molecular complexity index is 675. The second-order valence-electron chi connectivity index (χ2n) is 4.91. The molecule has 1 aliphatic rings. The highest BCUT2D eigenvalue weighted by Gasteiger charge is 2.24. The van der Waals surface area contributed by atoms with E-state index in [9.17, 15) is 4.79 Å². The van der Waals surface area contributed by atoms with E-state index in [-0.39, 0.29) is 11.6 Å². The highest BCUT2D eigenvalue weighted by molar-refractivity contribution is 9.10. The SMILES string of the molecule is [2H]C([2H])([2H])C([2H])([2H])N(c1cc(Br)cc(C(=O)OC)c1C)C1CCOCC1. The number of halogens is 1. The molecule has 0 radical (unpaired) electrons. The topological polar surface area (TPSA) is 38.8 Å². The van der Waals surface area contributed by atoms with Crippen LogP contribution in [-0.4, -0.2) is 38.8 Å². The molecule has 116 valence electrons. The molecular formula is C16H22BrNO3. The molecule has 1 aromatic rings. The van der Waals surface area contributed by atoms with Crippen LogP contribution in [-0.2, 0) is 9.47 Å². The molecule has 1 fully saturated rings. The molecule has 2 rings (SSSR count). The van der Waals surface area contributed by atoms with Gasteiger partial charge in [-0.15, -0.1) is 0 Å². The van der Waals surface area contributed by atoms with Crippen LogP contribution in [0.4, 0.5) is 5.69 Å². The zero-order valence-electron chi connectivity index (χ0n) is 17.1. The molecule has 1 saturated heterocycles. The predicted octanol–water partition coefficient (Wildman–Crippen LogP) is 3.55. The maximum absolute atomic E-state index is 12.1. The quantitative estimate of drug-likeness (QED) is 0.769. The Kier molecular flexibility index (Phi) is 3.68. The van der Waals surface area contributed by atoms with Crippen molar-refractivity contribution in [3.05, 3.63) is 27.7 Å². The average Bonchev–Trinajstić information content (AvgIpc) is 2.57. The molecular weight excluding hydrogens is 334 g/mol. The van der Waals surface area contributed by atoms with E-state index in [4.69, 9.17) is 16.3 Å². The van der Waals surface area contributed by atoms with Crippen molar-refractivity contribution < 1.29 is 21.1 Å². The van der Waals surface area contributed by atoms with E-state index in [1.165, 1.54) is 12.0 Å². The zero-order valence-corrected chi connectivity index (χ0v) is 13.7. The number of esters is 1. The molecule has 0 saturated carbocycles. The van der Waals surface area contributed by atoms with Crippen LogP contribution in [0, 0.1) is 6.92 Å². The summed E-state index contributed by atoms with van der Waals surface area (Å²) in [7, 11) is 1.26. The molecule has 0 bridgehead atoms. The number of rotatable bonds is 4. The second-order valence-corrected chi connectivity index (χ2v) is 5.83. The van der Waals surface area contributed by atoms with Crippen molar-refractivity contribution in [3.8, 4) is 0 Å². The fraction of sp³-hybridized carbons (Fsp3) is 0.562. The lowest BCUT2D eigenvalue weighted by Gasteiger charge is -2.36. The maximum Gasteiger partial charge on any atom is 0.338 e. The lowest BCUT2D eigenvalue weighted by molar-refractivity contribution is 0.0599. The number of ether oxygens (including phenoxy) is 2. The molecule has 0 atom stereocenters.